The molecule has 0 heterocycles. The molecule has 0 aromatic heterocycles. The molecule has 0 bridgehead atoms. The number of nitrogens with one attached hydrogen (secondary N) is 1. The third-order valence-corrected chi connectivity index (χ3v) is 3.45. The Hall–Kier alpha value is -2.64. The van der Waals surface area contributed by atoms with Crippen LogP contribution in [0.3, 0.4) is 0 Å². The fourth-order valence-corrected chi connectivity index (χ4v) is 2.06. The molecule has 0 saturated heterocycles. The maximum atomic E-state index is 12.0. The van der Waals surface area contributed by atoms with Gasteiger partial charge in [-0.1, -0.05) is 23.7 Å². The molecule has 1 atom stereocenters. The third kappa shape index (κ3) is 4.18. The first-order valence-electron chi connectivity index (χ1n) is 6.64. The number of rotatable bonds is 5. The molecule has 1 amide bonds. The van der Waals surface area contributed by atoms with Crippen molar-refractivity contribution in [2.75, 3.05) is 12.3 Å². The Balaban J connectivity index is 2.03. The maximum Gasteiger partial charge on any atom is 0.292 e. The Kier molecular flexibility index (Phi) is 5.15. The van der Waals surface area contributed by atoms with Crippen molar-refractivity contribution >= 4 is 28.9 Å². The maximum absolute atomic E-state index is 12.0. The first-order valence-corrected chi connectivity index (χ1v) is 7.02. The van der Waals surface area contributed by atoms with E-state index in [4.69, 9.17) is 17.3 Å². The summed E-state index contributed by atoms with van der Waals surface area (Å²) in [6.07, 6.45) is -0.917. The minimum atomic E-state index is -0.917. The van der Waals surface area contributed by atoms with Crippen molar-refractivity contribution in [3.8, 4) is 0 Å². The summed E-state index contributed by atoms with van der Waals surface area (Å²) in [5.74, 6) is -0.541. The molecule has 23 heavy (non-hydrogen) atoms. The normalized spacial score (nSPS) is 11.7. The quantitative estimate of drug-likeness (QED) is 0.440. The van der Waals surface area contributed by atoms with Crippen LogP contribution in [0.5, 0.6) is 0 Å². The molecule has 2 aromatic carbocycles. The van der Waals surface area contributed by atoms with Gasteiger partial charge in [-0.25, -0.2) is 0 Å². The van der Waals surface area contributed by atoms with Gasteiger partial charge in [0, 0.05) is 23.2 Å². The predicted molar refractivity (Wildman–Crippen MR) is 86.3 cm³/mol. The summed E-state index contributed by atoms with van der Waals surface area (Å²) in [5.41, 5.74) is 5.81. The number of halogens is 1. The van der Waals surface area contributed by atoms with Crippen molar-refractivity contribution in [2.24, 2.45) is 0 Å². The second kappa shape index (κ2) is 7.08. The van der Waals surface area contributed by atoms with E-state index in [-0.39, 0.29) is 23.5 Å². The molecule has 0 aliphatic heterocycles. The minimum Gasteiger partial charge on any atom is -0.393 e. The van der Waals surface area contributed by atoms with Crippen molar-refractivity contribution in [3.05, 3.63) is 68.7 Å². The van der Waals surface area contributed by atoms with E-state index in [0.29, 0.717) is 10.6 Å². The standard InChI is InChI=1S/C15H14ClN3O4/c16-11-4-1-9(2-5-11)14(20)8-18-15(21)10-3-6-12(17)13(7-10)19(22)23/h1-7,14,20H,8,17H2,(H,18,21). The van der Waals surface area contributed by atoms with Gasteiger partial charge in [-0.05, 0) is 29.8 Å². The van der Waals surface area contributed by atoms with Crippen molar-refractivity contribution in [1.29, 1.82) is 0 Å². The highest BCUT2D eigenvalue weighted by molar-refractivity contribution is 6.30. The van der Waals surface area contributed by atoms with Crippen LogP contribution in [0.15, 0.2) is 42.5 Å². The number of carbonyl (C=O) groups is 1. The number of hydrogen-bond acceptors (Lipinski definition) is 5. The molecular weight excluding hydrogens is 322 g/mol. The first kappa shape index (κ1) is 16.7. The van der Waals surface area contributed by atoms with Crippen molar-refractivity contribution in [1.82, 2.24) is 5.32 Å². The van der Waals surface area contributed by atoms with Crippen LogP contribution in [0.25, 0.3) is 0 Å². The summed E-state index contributed by atoms with van der Waals surface area (Å²) < 4.78 is 0. The molecule has 7 nitrogen and oxygen atoms in total. The highest BCUT2D eigenvalue weighted by Gasteiger charge is 2.16. The number of amides is 1. The molecule has 0 radical (unpaired) electrons. The molecule has 1 unspecified atom stereocenters. The monoisotopic (exact) mass is 335 g/mol. The fraction of sp³-hybridized carbons (Fsp3) is 0.133. The van der Waals surface area contributed by atoms with Gasteiger partial charge < -0.3 is 16.2 Å². The highest BCUT2D eigenvalue weighted by atomic mass is 35.5. The van der Waals surface area contributed by atoms with Crippen LogP contribution in [0.4, 0.5) is 11.4 Å². The zero-order valence-corrected chi connectivity index (χ0v) is 12.7. The van der Waals surface area contributed by atoms with Crippen molar-refractivity contribution in [3.63, 3.8) is 0 Å². The number of anilines is 1. The molecule has 0 aliphatic carbocycles. The summed E-state index contributed by atoms with van der Waals surface area (Å²) in [4.78, 5) is 22.2. The number of nitrogens with two attached hydrogens (primary N) is 1. The van der Waals surface area contributed by atoms with Gasteiger partial charge in [-0.3, -0.25) is 14.9 Å². The topological polar surface area (TPSA) is 118 Å². The Morgan fingerprint density at radius 2 is 1.96 bits per heavy atom. The van der Waals surface area contributed by atoms with E-state index in [9.17, 15) is 20.0 Å². The number of carbonyl (C=O) groups excluding carboxylic acids is 1. The van der Waals surface area contributed by atoms with Crippen LogP contribution in [-0.2, 0) is 0 Å². The van der Waals surface area contributed by atoms with Gasteiger partial charge in [0.1, 0.15) is 5.69 Å². The summed E-state index contributed by atoms with van der Waals surface area (Å²) >= 11 is 5.76. The lowest BCUT2D eigenvalue weighted by Gasteiger charge is -2.12. The molecule has 0 spiro atoms. The number of benzene rings is 2. The summed E-state index contributed by atoms with van der Waals surface area (Å²) in [5, 5.41) is 23.9. The second-order valence-corrected chi connectivity index (χ2v) is 5.24. The number of nitro benzene ring substituents is 1. The smallest absolute Gasteiger partial charge is 0.292 e. The van der Waals surface area contributed by atoms with Crippen molar-refractivity contribution < 1.29 is 14.8 Å². The first-order chi connectivity index (χ1) is 10.9. The van der Waals surface area contributed by atoms with E-state index in [1.54, 1.807) is 24.3 Å². The molecule has 2 rings (SSSR count). The highest BCUT2D eigenvalue weighted by Crippen LogP contribution is 2.22. The van der Waals surface area contributed by atoms with Crippen LogP contribution in [0.2, 0.25) is 5.02 Å². The van der Waals surface area contributed by atoms with Gasteiger partial charge >= 0.3 is 0 Å². The Bertz CT molecular complexity index is 734. The van der Waals surface area contributed by atoms with E-state index < -0.39 is 16.9 Å². The number of hydrogen-bond donors (Lipinski definition) is 3. The van der Waals surface area contributed by atoms with Crippen LogP contribution in [0.1, 0.15) is 22.0 Å². The molecule has 120 valence electrons. The average Bonchev–Trinajstić information content (AvgIpc) is 2.53. The SMILES string of the molecule is Nc1ccc(C(=O)NCC(O)c2ccc(Cl)cc2)cc1[N+](=O)[O-]. The van der Waals surface area contributed by atoms with Crippen LogP contribution in [0, 0.1) is 10.1 Å². The molecule has 4 N–H and O–H groups in total. The van der Waals surface area contributed by atoms with Gasteiger partial charge in [0.2, 0.25) is 0 Å². The lowest BCUT2D eigenvalue weighted by atomic mass is 10.1. The zero-order chi connectivity index (χ0) is 17.0. The van der Waals surface area contributed by atoms with Gasteiger partial charge in [0.05, 0.1) is 11.0 Å². The lowest BCUT2D eigenvalue weighted by molar-refractivity contribution is -0.383. The summed E-state index contributed by atoms with van der Waals surface area (Å²) in [6, 6.07) is 10.3. The predicted octanol–water partition coefficient (Wildman–Crippen LogP) is 2.29. The molecule has 0 fully saturated rings. The minimum absolute atomic E-state index is 0.0206. The van der Waals surface area contributed by atoms with Crippen molar-refractivity contribution in [2.45, 2.75) is 6.10 Å². The summed E-state index contributed by atoms with van der Waals surface area (Å²) in [7, 11) is 0. The van der Waals surface area contributed by atoms with Crippen LogP contribution < -0.4 is 11.1 Å². The van der Waals surface area contributed by atoms with Gasteiger partial charge in [-0.2, -0.15) is 0 Å². The fourth-order valence-electron chi connectivity index (χ4n) is 1.94. The van der Waals surface area contributed by atoms with E-state index in [2.05, 4.69) is 5.32 Å². The molecule has 0 aliphatic rings. The number of aliphatic hydroxyl groups is 1. The molecule has 2 aromatic rings. The Morgan fingerprint density at radius 3 is 2.57 bits per heavy atom. The average molecular weight is 336 g/mol. The van der Waals surface area contributed by atoms with Gasteiger partial charge in [0.15, 0.2) is 0 Å². The molecule has 8 heteroatoms. The van der Waals surface area contributed by atoms with Gasteiger partial charge in [0.25, 0.3) is 11.6 Å². The lowest BCUT2D eigenvalue weighted by Crippen LogP contribution is -2.28. The number of nitrogen functional groups attached to an aromatic ring is 1. The third-order valence-electron chi connectivity index (χ3n) is 3.20. The van der Waals surface area contributed by atoms with Crippen LogP contribution >= 0.6 is 11.6 Å². The number of nitro groups is 1. The molecule has 0 saturated carbocycles. The Morgan fingerprint density at radius 1 is 1.30 bits per heavy atom. The van der Waals surface area contributed by atoms with E-state index in [0.717, 1.165) is 6.07 Å². The van der Waals surface area contributed by atoms with E-state index in [1.165, 1.54) is 12.1 Å². The van der Waals surface area contributed by atoms with E-state index >= 15 is 0 Å². The second-order valence-electron chi connectivity index (χ2n) is 4.81. The zero-order valence-electron chi connectivity index (χ0n) is 11.9. The number of aliphatic hydroxyl groups excluding tert-OH is 1. The summed E-state index contributed by atoms with van der Waals surface area (Å²) in [6.45, 7) is -0.0430. The molecular formula is C15H14ClN3O4. The van der Waals surface area contributed by atoms with E-state index in [1.807, 2.05) is 0 Å². The Labute approximate surface area is 136 Å². The van der Waals surface area contributed by atoms with Gasteiger partial charge in [-0.15, -0.1) is 0 Å². The van der Waals surface area contributed by atoms with Crippen LogP contribution in [-0.4, -0.2) is 22.5 Å². The largest absolute Gasteiger partial charge is 0.393 e. The number of nitrogens with zero attached hydrogens (tertiary/aromatic N) is 1.